The SMILES string of the molecule is C[C@@H](OC(=O)c1cc(Cl)ccc1[N+](=O)[O-])C(=O)NCCc1ccc(F)cc1. The second-order valence-electron chi connectivity index (χ2n) is 5.63. The molecule has 0 unspecified atom stereocenters. The van der Waals surface area contributed by atoms with Crippen molar-refractivity contribution in [3.8, 4) is 0 Å². The summed E-state index contributed by atoms with van der Waals surface area (Å²) in [5.74, 6) is -1.93. The molecule has 0 radical (unpaired) electrons. The molecule has 2 aromatic carbocycles. The van der Waals surface area contributed by atoms with Crippen molar-refractivity contribution in [2.45, 2.75) is 19.4 Å². The Bertz CT molecular complexity index is 857. The number of hydrogen-bond donors (Lipinski definition) is 1. The molecule has 0 bridgehead atoms. The number of ether oxygens (including phenoxy) is 1. The van der Waals surface area contributed by atoms with Crippen molar-refractivity contribution in [3.05, 3.63) is 74.5 Å². The number of nitrogens with one attached hydrogen (secondary N) is 1. The predicted molar refractivity (Wildman–Crippen MR) is 96.1 cm³/mol. The second-order valence-corrected chi connectivity index (χ2v) is 6.07. The van der Waals surface area contributed by atoms with Crippen molar-refractivity contribution in [3.63, 3.8) is 0 Å². The first-order chi connectivity index (χ1) is 12.8. The highest BCUT2D eigenvalue weighted by molar-refractivity contribution is 6.31. The van der Waals surface area contributed by atoms with E-state index < -0.39 is 28.6 Å². The second kappa shape index (κ2) is 9.09. The number of halogens is 2. The summed E-state index contributed by atoms with van der Waals surface area (Å²) in [6, 6.07) is 9.32. The number of rotatable bonds is 7. The maximum atomic E-state index is 12.8. The Kier molecular flexibility index (Phi) is 6.84. The number of esters is 1. The molecule has 0 aliphatic carbocycles. The number of nitro groups is 1. The van der Waals surface area contributed by atoms with Crippen molar-refractivity contribution in [1.29, 1.82) is 0 Å². The van der Waals surface area contributed by atoms with Gasteiger partial charge in [0.05, 0.1) is 4.92 Å². The average molecular weight is 395 g/mol. The van der Waals surface area contributed by atoms with Gasteiger partial charge in [-0.05, 0) is 43.2 Å². The maximum Gasteiger partial charge on any atom is 0.345 e. The molecule has 142 valence electrons. The molecule has 0 aliphatic rings. The molecule has 0 aliphatic heterocycles. The van der Waals surface area contributed by atoms with Crippen molar-refractivity contribution < 1.29 is 23.6 Å². The lowest BCUT2D eigenvalue weighted by Gasteiger charge is -2.13. The van der Waals surface area contributed by atoms with E-state index in [9.17, 15) is 24.1 Å². The number of carbonyl (C=O) groups is 2. The van der Waals surface area contributed by atoms with Crippen LogP contribution in [0, 0.1) is 15.9 Å². The van der Waals surface area contributed by atoms with Crippen LogP contribution >= 0.6 is 11.6 Å². The van der Waals surface area contributed by atoms with Crippen LogP contribution in [-0.4, -0.2) is 29.4 Å². The van der Waals surface area contributed by atoms with E-state index in [2.05, 4.69) is 5.32 Å². The van der Waals surface area contributed by atoms with Gasteiger partial charge in [0.25, 0.3) is 11.6 Å². The lowest BCUT2D eigenvalue weighted by atomic mass is 10.1. The normalized spacial score (nSPS) is 11.5. The summed E-state index contributed by atoms with van der Waals surface area (Å²) in [5.41, 5.74) is 0.0303. The molecule has 2 rings (SSSR count). The molecule has 0 saturated carbocycles. The smallest absolute Gasteiger partial charge is 0.345 e. The zero-order chi connectivity index (χ0) is 20.0. The zero-order valence-electron chi connectivity index (χ0n) is 14.3. The van der Waals surface area contributed by atoms with Gasteiger partial charge in [-0.2, -0.15) is 0 Å². The first kappa shape index (κ1) is 20.3. The van der Waals surface area contributed by atoms with Gasteiger partial charge >= 0.3 is 5.97 Å². The molecule has 0 heterocycles. The van der Waals surface area contributed by atoms with Crippen LogP contribution in [-0.2, 0) is 16.0 Å². The van der Waals surface area contributed by atoms with Crippen LogP contribution in [0.15, 0.2) is 42.5 Å². The van der Waals surface area contributed by atoms with Gasteiger partial charge < -0.3 is 10.1 Å². The van der Waals surface area contributed by atoms with E-state index in [-0.39, 0.29) is 22.9 Å². The molecule has 0 fully saturated rings. The monoisotopic (exact) mass is 394 g/mol. The fraction of sp³-hybridized carbons (Fsp3) is 0.222. The third-order valence-corrected chi connectivity index (χ3v) is 3.89. The lowest BCUT2D eigenvalue weighted by molar-refractivity contribution is -0.385. The van der Waals surface area contributed by atoms with Crippen LogP contribution in [0.2, 0.25) is 5.02 Å². The van der Waals surface area contributed by atoms with Crippen LogP contribution in [0.4, 0.5) is 10.1 Å². The summed E-state index contributed by atoms with van der Waals surface area (Å²) in [6.07, 6.45) is -0.698. The molecule has 1 N–H and O–H groups in total. The highest BCUT2D eigenvalue weighted by atomic mass is 35.5. The van der Waals surface area contributed by atoms with Crippen LogP contribution in [0.25, 0.3) is 0 Å². The van der Waals surface area contributed by atoms with Crippen LogP contribution in [0.5, 0.6) is 0 Å². The highest BCUT2D eigenvalue weighted by Gasteiger charge is 2.25. The Balaban J connectivity index is 1.92. The molecule has 0 spiro atoms. The third-order valence-electron chi connectivity index (χ3n) is 3.65. The van der Waals surface area contributed by atoms with E-state index in [1.807, 2.05) is 0 Å². The number of benzene rings is 2. The van der Waals surface area contributed by atoms with Crippen molar-refractivity contribution in [1.82, 2.24) is 5.32 Å². The first-order valence-corrected chi connectivity index (χ1v) is 8.33. The minimum atomic E-state index is -1.16. The third kappa shape index (κ3) is 5.75. The van der Waals surface area contributed by atoms with E-state index in [1.165, 1.54) is 25.1 Å². The number of amides is 1. The van der Waals surface area contributed by atoms with Crippen molar-refractivity contribution >= 4 is 29.2 Å². The van der Waals surface area contributed by atoms with E-state index in [4.69, 9.17) is 16.3 Å². The topological polar surface area (TPSA) is 98.5 Å². The summed E-state index contributed by atoms with van der Waals surface area (Å²) in [4.78, 5) is 34.5. The van der Waals surface area contributed by atoms with E-state index >= 15 is 0 Å². The predicted octanol–water partition coefficient (Wildman–Crippen LogP) is 3.29. The zero-order valence-corrected chi connectivity index (χ0v) is 15.0. The molecular formula is C18H16ClFN2O5. The molecule has 0 saturated heterocycles. The van der Waals surface area contributed by atoms with Crippen molar-refractivity contribution in [2.24, 2.45) is 0 Å². The number of hydrogen-bond acceptors (Lipinski definition) is 5. The van der Waals surface area contributed by atoms with Gasteiger partial charge in [-0.25, -0.2) is 9.18 Å². The lowest BCUT2D eigenvalue weighted by Crippen LogP contribution is -2.37. The minimum absolute atomic E-state index is 0.129. The largest absolute Gasteiger partial charge is 0.449 e. The van der Waals surface area contributed by atoms with Gasteiger partial charge in [-0.15, -0.1) is 0 Å². The Labute approximate surface area is 159 Å². The Morgan fingerprint density at radius 1 is 1.26 bits per heavy atom. The first-order valence-electron chi connectivity index (χ1n) is 7.95. The van der Waals surface area contributed by atoms with E-state index in [0.29, 0.717) is 6.42 Å². The number of nitrogens with zero attached hydrogens (tertiary/aromatic N) is 1. The quantitative estimate of drug-likeness (QED) is 0.441. The fourth-order valence-corrected chi connectivity index (χ4v) is 2.41. The van der Waals surface area contributed by atoms with Crippen LogP contribution in [0.3, 0.4) is 0 Å². The fourth-order valence-electron chi connectivity index (χ4n) is 2.23. The molecule has 1 atom stereocenters. The molecule has 27 heavy (non-hydrogen) atoms. The van der Waals surface area contributed by atoms with Gasteiger partial charge in [0.1, 0.15) is 11.4 Å². The molecular weight excluding hydrogens is 379 g/mol. The van der Waals surface area contributed by atoms with Crippen LogP contribution < -0.4 is 5.32 Å². The molecule has 0 aromatic heterocycles. The van der Waals surface area contributed by atoms with E-state index in [1.54, 1.807) is 12.1 Å². The number of carbonyl (C=O) groups excluding carboxylic acids is 2. The Morgan fingerprint density at radius 2 is 1.93 bits per heavy atom. The maximum absolute atomic E-state index is 12.8. The summed E-state index contributed by atoms with van der Waals surface area (Å²) in [7, 11) is 0. The summed E-state index contributed by atoms with van der Waals surface area (Å²) >= 11 is 5.77. The van der Waals surface area contributed by atoms with E-state index in [0.717, 1.165) is 17.7 Å². The average Bonchev–Trinajstić information content (AvgIpc) is 2.62. The minimum Gasteiger partial charge on any atom is -0.449 e. The number of nitro benzene ring substituents is 1. The van der Waals surface area contributed by atoms with Gasteiger partial charge in [-0.3, -0.25) is 14.9 Å². The summed E-state index contributed by atoms with van der Waals surface area (Å²) in [5, 5.41) is 13.7. The molecule has 1 amide bonds. The highest BCUT2D eigenvalue weighted by Crippen LogP contribution is 2.23. The molecule has 9 heteroatoms. The van der Waals surface area contributed by atoms with Gasteiger partial charge in [0, 0.05) is 17.6 Å². The standard InChI is InChI=1S/C18H16ClFN2O5/c1-11(17(23)21-9-8-12-2-5-14(20)6-3-12)27-18(24)15-10-13(19)4-7-16(15)22(25)26/h2-7,10-11H,8-9H2,1H3,(H,21,23)/t11-/m1/s1. The summed E-state index contributed by atoms with van der Waals surface area (Å²) in [6.45, 7) is 1.60. The summed E-state index contributed by atoms with van der Waals surface area (Å²) < 4.78 is 17.8. The Hall–Kier alpha value is -3.00. The Morgan fingerprint density at radius 3 is 2.56 bits per heavy atom. The van der Waals surface area contributed by atoms with Crippen molar-refractivity contribution in [2.75, 3.05) is 6.54 Å². The molecule has 2 aromatic rings. The molecule has 7 nitrogen and oxygen atoms in total. The van der Waals surface area contributed by atoms with Gasteiger partial charge in [-0.1, -0.05) is 23.7 Å². The van der Waals surface area contributed by atoms with Gasteiger partial charge in [0.2, 0.25) is 0 Å². The van der Waals surface area contributed by atoms with Crippen LogP contribution in [0.1, 0.15) is 22.8 Å². The van der Waals surface area contributed by atoms with Gasteiger partial charge in [0.15, 0.2) is 6.10 Å².